The van der Waals surface area contributed by atoms with Gasteiger partial charge in [0.25, 0.3) is 0 Å². The first-order valence-electron chi connectivity index (χ1n) is 13.1. The second kappa shape index (κ2) is 9.68. The number of aromatic nitrogens is 2. The van der Waals surface area contributed by atoms with Gasteiger partial charge in [0.1, 0.15) is 11.1 Å². The van der Waals surface area contributed by atoms with Crippen molar-refractivity contribution < 1.29 is 5.11 Å². The van der Waals surface area contributed by atoms with Crippen molar-refractivity contribution in [1.82, 2.24) is 14.9 Å². The predicted molar refractivity (Wildman–Crippen MR) is 146 cm³/mol. The lowest BCUT2D eigenvalue weighted by atomic mass is 9.61. The van der Waals surface area contributed by atoms with E-state index in [9.17, 15) is 5.11 Å². The van der Waals surface area contributed by atoms with Gasteiger partial charge in [0.2, 0.25) is 0 Å². The van der Waals surface area contributed by atoms with Crippen LogP contribution < -0.4 is 5.32 Å². The minimum atomic E-state index is -1.03. The molecule has 3 aromatic carbocycles. The number of benzene rings is 3. The van der Waals surface area contributed by atoms with Crippen LogP contribution in [0.4, 0.5) is 0 Å². The Kier molecular flexibility index (Phi) is 6.59. The number of imidazole rings is 1. The third-order valence-corrected chi connectivity index (χ3v) is 8.39. The average molecular weight is 480 g/mol. The van der Waals surface area contributed by atoms with Crippen molar-refractivity contribution in [2.75, 3.05) is 6.54 Å². The van der Waals surface area contributed by atoms with Crippen LogP contribution in [-0.2, 0) is 11.1 Å². The zero-order valence-corrected chi connectivity index (χ0v) is 21.6. The summed E-state index contributed by atoms with van der Waals surface area (Å²) in [4.78, 5) is 4.93. The summed E-state index contributed by atoms with van der Waals surface area (Å²) < 4.78 is 2.20. The molecule has 2 atom stereocenters. The molecule has 0 amide bonds. The van der Waals surface area contributed by atoms with Gasteiger partial charge in [-0.3, -0.25) is 0 Å². The van der Waals surface area contributed by atoms with Gasteiger partial charge in [-0.25, -0.2) is 4.98 Å². The predicted octanol–water partition coefficient (Wildman–Crippen LogP) is 6.10. The molecule has 1 aliphatic carbocycles. The molecule has 2 N–H and O–H groups in total. The standard InChI is InChI=1S/C32H37N3O/c1-4-33-28-21-14-22-31(36,30(28,2)3)29-23-35(24-34-29)32(25-15-8-5-9-16-25,26-17-10-6-11-18-26)27-19-12-7-13-20-27/h5-13,15-20,23-24,28,33,36H,4,14,21-22H2,1-3H3. The van der Waals surface area contributed by atoms with E-state index in [-0.39, 0.29) is 11.5 Å². The molecule has 2 unspecified atom stereocenters. The largest absolute Gasteiger partial charge is 0.383 e. The van der Waals surface area contributed by atoms with E-state index in [1.165, 1.54) is 0 Å². The van der Waals surface area contributed by atoms with Gasteiger partial charge in [-0.05, 0) is 42.5 Å². The van der Waals surface area contributed by atoms with Gasteiger partial charge in [0, 0.05) is 17.7 Å². The highest BCUT2D eigenvalue weighted by molar-refractivity contribution is 5.50. The highest BCUT2D eigenvalue weighted by Gasteiger charge is 2.53. The maximum atomic E-state index is 12.2. The highest BCUT2D eigenvalue weighted by atomic mass is 16.3. The molecular weight excluding hydrogens is 442 g/mol. The molecule has 5 rings (SSSR count). The Bertz CT molecular complexity index is 1170. The molecule has 0 saturated heterocycles. The fraction of sp³-hybridized carbons (Fsp3) is 0.344. The molecule has 0 aliphatic heterocycles. The number of hydrogen-bond acceptors (Lipinski definition) is 3. The van der Waals surface area contributed by atoms with Crippen LogP contribution >= 0.6 is 0 Å². The molecule has 4 aromatic rings. The van der Waals surface area contributed by atoms with Crippen molar-refractivity contribution in [2.45, 2.75) is 57.2 Å². The lowest BCUT2D eigenvalue weighted by Gasteiger charge is -2.50. The maximum Gasteiger partial charge on any atom is 0.121 e. The SMILES string of the molecule is CCNC1CCCC(O)(c2cn(C(c3ccccc3)(c3ccccc3)c3ccccc3)cn2)C1(C)C. The van der Waals surface area contributed by atoms with Gasteiger partial charge in [-0.2, -0.15) is 0 Å². The van der Waals surface area contributed by atoms with E-state index in [1.54, 1.807) is 0 Å². The molecule has 1 aromatic heterocycles. The summed E-state index contributed by atoms with van der Waals surface area (Å²) in [7, 11) is 0. The fourth-order valence-corrected chi connectivity index (χ4v) is 6.30. The number of rotatable bonds is 7. The quantitative estimate of drug-likeness (QED) is 0.315. The minimum Gasteiger partial charge on any atom is -0.383 e. The van der Waals surface area contributed by atoms with Crippen LogP contribution in [0.1, 0.15) is 62.4 Å². The van der Waals surface area contributed by atoms with Crippen molar-refractivity contribution in [2.24, 2.45) is 5.41 Å². The van der Waals surface area contributed by atoms with Gasteiger partial charge >= 0.3 is 0 Å². The molecule has 1 saturated carbocycles. The Morgan fingerprint density at radius 1 is 0.889 bits per heavy atom. The number of aliphatic hydroxyl groups is 1. The smallest absolute Gasteiger partial charge is 0.121 e. The van der Waals surface area contributed by atoms with Crippen LogP contribution in [0, 0.1) is 5.41 Å². The molecular formula is C32H37N3O. The second-order valence-electron chi connectivity index (χ2n) is 10.6. The normalized spacial score (nSPS) is 21.8. The zero-order valence-electron chi connectivity index (χ0n) is 21.6. The summed E-state index contributed by atoms with van der Waals surface area (Å²) in [5.74, 6) is 0. The summed E-state index contributed by atoms with van der Waals surface area (Å²) in [6, 6.07) is 32.0. The zero-order chi connectivity index (χ0) is 25.2. The first kappa shape index (κ1) is 24.5. The lowest BCUT2D eigenvalue weighted by Crippen LogP contribution is -2.57. The summed E-state index contributed by atoms with van der Waals surface area (Å²) in [6.07, 6.45) is 6.72. The minimum absolute atomic E-state index is 0.230. The highest BCUT2D eigenvalue weighted by Crippen LogP contribution is 2.50. The molecule has 4 nitrogen and oxygen atoms in total. The van der Waals surface area contributed by atoms with E-state index < -0.39 is 11.1 Å². The van der Waals surface area contributed by atoms with Crippen LogP contribution in [0.25, 0.3) is 0 Å². The Labute approximate surface area is 215 Å². The Morgan fingerprint density at radius 2 is 1.39 bits per heavy atom. The summed E-state index contributed by atoms with van der Waals surface area (Å²) >= 11 is 0. The molecule has 4 heteroatoms. The van der Waals surface area contributed by atoms with Crippen LogP contribution in [0.15, 0.2) is 104 Å². The lowest BCUT2D eigenvalue weighted by molar-refractivity contribution is -0.122. The summed E-state index contributed by atoms with van der Waals surface area (Å²) in [5.41, 5.74) is 2.15. The van der Waals surface area contributed by atoms with E-state index in [1.807, 2.05) is 6.33 Å². The first-order valence-corrected chi connectivity index (χ1v) is 13.1. The average Bonchev–Trinajstić information content (AvgIpc) is 3.41. The Balaban J connectivity index is 1.74. The monoisotopic (exact) mass is 479 g/mol. The summed E-state index contributed by atoms with van der Waals surface area (Å²) in [5, 5.41) is 15.9. The molecule has 186 valence electrons. The molecule has 0 radical (unpaired) electrons. The Morgan fingerprint density at radius 3 is 1.86 bits per heavy atom. The second-order valence-corrected chi connectivity index (χ2v) is 10.6. The van der Waals surface area contributed by atoms with Crippen molar-refractivity contribution >= 4 is 0 Å². The van der Waals surface area contributed by atoms with Crippen LogP contribution in [0.3, 0.4) is 0 Å². The van der Waals surface area contributed by atoms with Crippen LogP contribution in [0.2, 0.25) is 0 Å². The summed E-state index contributed by atoms with van der Waals surface area (Å²) in [6.45, 7) is 7.37. The number of hydrogen-bond donors (Lipinski definition) is 2. The van der Waals surface area contributed by atoms with E-state index in [0.29, 0.717) is 6.42 Å². The Hall–Kier alpha value is -3.21. The van der Waals surface area contributed by atoms with Gasteiger partial charge in [-0.15, -0.1) is 0 Å². The van der Waals surface area contributed by atoms with Crippen molar-refractivity contribution in [3.8, 4) is 0 Å². The third kappa shape index (κ3) is 3.80. The van der Waals surface area contributed by atoms with Crippen molar-refractivity contribution in [3.05, 3.63) is 126 Å². The molecule has 0 bridgehead atoms. The third-order valence-electron chi connectivity index (χ3n) is 8.39. The first-order chi connectivity index (χ1) is 17.4. The van der Waals surface area contributed by atoms with Gasteiger partial charge < -0.3 is 15.0 Å². The van der Waals surface area contributed by atoms with Gasteiger partial charge in [0.05, 0.1) is 12.0 Å². The van der Waals surface area contributed by atoms with E-state index in [2.05, 4.69) is 128 Å². The molecule has 0 spiro atoms. The van der Waals surface area contributed by atoms with Crippen molar-refractivity contribution in [1.29, 1.82) is 0 Å². The number of nitrogens with one attached hydrogen (secondary N) is 1. The van der Waals surface area contributed by atoms with E-state index in [4.69, 9.17) is 4.98 Å². The topological polar surface area (TPSA) is 50.1 Å². The number of nitrogens with zero attached hydrogens (tertiary/aromatic N) is 2. The van der Waals surface area contributed by atoms with E-state index >= 15 is 0 Å². The van der Waals surface area contributed by atoms with Crippen LogP contribution in [0.5, 0.6) is 0 Å². The van der Waals surface area contributed by atoms with Crippen LogP contribution in [-0.4, -0.2) is 27.2 Å². The molecule has 1 heterocycles. The fourth-order valence-electron chi connectivity index (χ4n) is 6.30. The van der Waals surface area contributed by atoms with Gasteiger partial charge in [0.15, 0.2) is 0 Å². The maximum absolute atomic E-state index is 12.2. The molecule has 36 heavy (non-hydrogen) atoms. The van der Waals surface area contributed by atoms with E-state index in [0.717, 1.165) is 41.8 Å². The molecule has 1 fully saturated rings. The van der Waals surface area contributed by atoms with Crippen molar-refractivity contribution in [3.63, 3.8) is 0 Å². The molecule has 1 aliphatic rings. The van der Waals surface area contributed by atoms with Gasteiger partial charge in [-0.1, -0.05) is 112 Å².